The Morgan fingerprint density at radius 2 is 1.76 bits per heavy atom. The molecule has 174 valence electrons. The van der Waals surface area contributed by atoms with E-state index in [0.717, 1.165) is 5.56 Å². The molecule has 0 radical (unpaired) electrons. The van der Waals surface area contributed by atoms with Crippen LogP contribution >= 0.6 is 23.2 Å². The summed E-state index contributed by atoms with van der Waals surface area (Å²) in [5, 5.41) is 3.36. The molecule has 2 N–H and O–H groups in total. The highest BCUT2D eigenvalue weighted by Gasteiger charge is 2.27. The van der Waals surface area contributed by atoms with Gasteiger partial charge in [-0.15, -0.1) is 0 Å². The van der Waals surface area contributed by atoms with Crippen molar-refractivity contribution in [3.63, 3.8) is 0 Å². The van der Waals surface area contributed by atoms with Crippen LogP contribution in [-0.4, -0.2) is 27.0 Å². The molecule has 9 heteroatoms. The minimum absolute atomic E-state index is 0.0406. The Morgan fingerprint density at radius 3 is 2.39 bits per heavy atom. The number of aryl methyl sites for hydroxylation is 1. The molecule has 3 aromatic rings. The summed E-state index contributed by atoms with van der Waals surface area (Å²) in [4.78, 5) is 13.2. The number of sulfonamides is 1. The zero-order valence-corrected chi connectivity index (χ0v) is 20.5. The third-order valence-electron chi connectivity index (χ3n) is 4.84. The van der Waals surface area contributed by atoms with Crippen molar-refractivity contribution in [3.8, 4) is 5.75 Å². The lowest BCUT2D eigenvalue weighted by Crippen LogP contribution is -2.45. The number of hydrogen-bond acceptors (Lipinski definition) is 4. The van der Waals surface area contributed by atoms with Crippen LogP contribution in [0.4, 0.5) is 5.69 Å². The Hall–Kier alpha value is -2.58. The second kappa shape index (κ2) is 11.0. The zero-order chi connectivity index (χ0) is 24.0. The monoisotopic (exact) mass is 506 g/mol. The molecule has 0 bridgehead atoms. The number of benzene rings is 3. The summed E-state index contributed by atoms with van der Waals surface area (Å²) in [6.07, 6.45) is 0.146. The fourth-order valence-corrected chi connectivity index (χ4v) is 4.95. The van der Waals surface area contributed by atoms with Crippen LogP contribution in [0.2, 0.25) is 10.0 Å². The van der Waals surface area contributed by atoms with Crippen LogP contribution in [-0.2, 0) is 21.2 Å². The van der Waals surface area contributed by atoms with Crippen molar-refractivity contribution in [2.75, 3.05) is 11.9 Å². The normalized spacial score (nSPS) is 12.2. The number of ether oxygens (including phenoxy) is 1. The molecular weight excluding hydrogens is 483 g/mol. The second-order valence-electron chi connectivity index (χ2n) is 7.34. The van der Waals surface area contributed by atoms with Gasteiger partial charge in [0.1, 0.15) is 11.8 Å². The number of amides is 1. The van der Waals surface area contributed by atoms with Crippen LogP contribution in [0, 0.1) is 6.92 Å². The molecule has 0 aromatic heterocycles. The van der Waals surface area contributed by atoms with Gasteiger partial charge in [-0.25, -0.2) is 8.42 Å². The molecule has 0 aliphatic carbocycles. The minimum Gasteiger partial charge on any atom is -0.494 e. The van der Waals surface area contributed by atoms with Gasteiger partial charge in [0.25, 0.3) is 0 Å². The summed E-state index contributed by atoms with van der Waals surface area (Å²) in [7, 11) is -4.01. The van der Waals surface area contributed by atoms with Gasteiger partial charge in [0.2, 0.25) is 15.9 Å². The van der Waals surface area contributed by atoms with Crippen molar-refractivity contribution in [3.05, 3.63) is 87.9 Å². The number of hydrogen-bond donors (Lipinski definition) is 2. The molecule has 3 aromatic carbocycles. The summed E-state index contributed by atoms with van der Waals surface area (Å²) in [6, 6.07) is 17.3. The quantitative estimate of drug-likeness (QED) is 0.416. The lowest BCUT2D eigenvalue weighted by molar-refractivity contribution is -0.117. The molecule has 0 heterocycles. The van der Waals surface area contributed by atoms with Crippen LogP contribution in [0.15, 0.2) is 71.6 Å². The Bertz CT molecular complexity index is 1230. The molecule has 6 nitrogen and oxygen atoms in total. The first-order valence-electron chi connectivity index (χ1n) is 10.2. The average molecular weight is 507 g/mol. The maximum atomic E-state index is 13.1. The van der Waals surface area contributed by atoms with Crippen molar-refractivity contribution in [2.45, 2.75) is 31.2 Å². The molecule has 0 spiro atoms. The first kappa shape index (κ1) is 25.1. The fourth-order valence-electron chi connectivity index (χ4n) is 3.21. The van der Waals surface area contributed by atoms with Gasteiger partial charge in [0.05, 0.1) is 22.2 Å². The number of rotatable bonds is 9. The van der Waals surface area contributed by atoms with Crippen molar-refractivity contribution in [1.82, 2.24) is 4.72 Å². The molecule has 0 aliphatic heterocycles. The van der Waals surface area contributed by atoms with E-state index in [1.807, 2.05) is 37.3 Å². The maximum absolute atomic E-state index is 13.1. The van der Waals surface area contributed by atoms with E-state index in [0.29, 0.717) is 28.6 Å². The first-order chi connectivity index (χ1) is 15.7. The molecule has 0 saturated carbocycles. The van der Waals surface area contributed by atoms with Gasteiger partial charge in [-0.2, -0.15) is 4.72 Å². The highest BCUT2D eigenvalue weighted by molar-refractivity contribution is 7.89. The lowest BCUT2D eigenvalue weighted by Gasteiger charge is -2.20. The van der Waals surface area contributed by atoms with E-state index >= 15 is 0 Å². The van der Waals surface area contributed by atoms with E-state index in [1.54, 1.807) is 25.1 Å². The van der Waals surface area contributed by atoms with Crippen LogP contribution in [0.5, 0.6) is 5.75 Å². The predicted molar refractivity (Wildman–Crippen MR) is 132 cm³/mol. The number of nitrogens with one attached hydrogen (secondary N) is 2. The molecular formula is C24H24Cl2N2O4S. The number of anilines is 1. The van der Waals surface area contributed by atoms with Crippen LogP contribution in [0.1, 0.15) is 18.1 Å². The van der Waals surface area contributed by atoms with Crippen molar-refractivity contribution < 1.29 is 17.9 Å². The second-order valence-corrected chi connectivity index (χ2v) is 9.89. The van der Waals surface area contributed by atoms with Crippen LogP contribution in [0.3, 0.4) is 0 Å². The van der Waals surface area contributed by atoms with E-state index in [4.69, 9.17) is 27.9 Å². The summed E-state index contributed by atoms with van der Waals surface area (Å²) >= 11 is 12.1. The highest BCUT2D eigenvalue weighted by atomic mass is 35.5. The highest BCUT2D eigenvalue weighted by Crippen LogP contribution is 2.26. The first-order valence-corrected chi connectivity index (χ1v) is 12.5. The van der Waals surface area contributed by atoms with Gasteiger partial charge in [-0.3, -0.25) is 4.79 Å². The molecule has 33 heavy (non-hydrogen) atoms. The SMILES string of the molecule is CCOc1ccc(S(=O)(=O)N[C@@H](Cc2ccccc2)C(=O)Nc2ccc(Cl)cc2Cl)cc1C. The molecule has 1 amide bonds. The van der Waals surface area contributed by atoms with Gasteiger partial charge in [0.15, 0.2) is 0 Å². The third kappa shape index (κ3) is 6.71. The Labute approximate surface area is 203 Å². The maximum Gasteiger partial charge on any atom is 0.242 e. The standard InChI is InChI=1S/C24H24Cl2N2O4S/c1-3-32-23-12-10-19(13-16(23)2)33(30,31)28-22(14-17-7-5-4-6-8-17)24(29)27-21-11-9-18(25)15-20(21)26/h4-13,15,22,28H,3,14H2,1-2H3,(H,27,29)/t22-/m0/s1. The zero-order valence-electron chi connectivity index (χ0n) is 18.1. The van der Waals surface area contributed by atoms with Crippen LogP contribution in [0.25, 0.3) is 0 Å². The smallest absolute Gasteiger partial charge is 0.242 e. The Morgan fingerprint density at radius 1 is 1.03 bits per heavy atom. The van der Waals surface area contributed by atoms with Crippen molar-refractivity contribution in [2.24, 2.45) is 0 Å². The summed E-state index contributed by atoms with van der Waals surface area (Å²) < 4.78 is 34.3. The summed E-state index contributed by atoms with van der Waals surface area (Å²) in [5.41, 5.74) is 1.81. The summed E-state index contributed by atoms with van der Waals surface area (Å²) in [5.74, 6) is 0.0571. The van der Waals surface area contributed by atoms with E-state index in [9.17, 15) is 13.2 Å². The number of halogens is 2. The molecule has 0 saturated heterocycles. The third-order valence-corrected chi connectivity index (χ3v) is 6.86. The topological polar surface area (TPSA) is 84.5 Å². The van der Waals surface area contributed by atoms with E-state index in [-0.39, 0.29) is 16.3 Å². The molecule has 0 fully saturated rings. The largest absolute Gasteiger partial charge is 0.494 e. The molecule has 0 unspecified atom stereocenters. The van der Waals surface area contributed by atoms with E-state index < -0.39 is 22.0 Å². The fraction of sp³-hybridized carbons (Fsp3) is 0.208. The Balaban J connectivity index is 1.88. The molecule has 1 atom stereocenters. The van der Waals surface area contributed by atoms with Gasteiger partial charge in [-0.05, 0) is 67.8 Å². The van der Waals surface area contributed by atoms with E-state index in [1.165, 1.54) is 18.2 Å². The number of carbonyl (C=O) groups is 1. The summed E-state index contributed by atoms with van der Waals surface area (Å²) in [6.45, 7) is 4.09. The van der Waals surface area contributed by atoms with Crippen molar-refractivity contribution >= 4 is 44.8 Å². The predicted octanol–water partition coefficient (Wildman–Crippen LogP) is 5.23. The Kier molecular flexibility index (Phi) is 8.37. The van der Waals surface area contributed by atoms with Gasteiger partial charge in [0, 0.05) is 5.02 Å². The van der Waals surface area contributed by atoms with Crippen LogP contribution < -0.4 is 14.8 Å². The molecule has 3 rings (SSSR count). The van der Waals surface area contributed by atoms with Crippen molar-refractivity contribution in [1.29, 1.82) is 0 Å². The number of carbonyl (C=O) groups excluding carboxylic acids is 1. The van der Waals surface area contributed by atoms with Gasteiger partial charge in [-0.1, -0.05) is 53.5 Å². The average Bonchev–Trinajstić information content (AvgIpc) is 2.77. The lowest BCUT2D eigenvalue weighted by atomic mass is 10.1. The minimum atomic E-state index is -4.01. The van der Waals surface area contributed by atoms with Gasteiger partial charge < -0.3 is 10.1 Å². The van der Waals surface area contributed by atoms with E-state index in [2.05, 4.69) is 10.0 Å². The molecule has 0 aliphatic rings. The van der Waals surface area contributed by atoms with Gasteiger partial charge >= 0.3 is 0 Å².